The number of nitrogens with zero attached hydrogens (tertiary/aromatic N) is 1. The molecule has 0 atom stereocenters. The van der Waals surface area contributed by atoms with Crippen LogP contribution in [0.4, 0.5) is 0 Å². The topological polar surface area (TPSA) is 31.1 Å². The van der Waals surface area contributed by atoms with Crippen molar-refractivity contribution in [2.24, 2.45) is 0 Å². The number of thiocarbonyl (C=S) groups is 1. The van der Waals surface area contributed by atoms with Crippen LogP contribution in [0.1, 0.15) is 30.0 Å². The Labute approximate surface area is 164 Å². The lowest BCUT2D eigenvalue weighted by Gasteiger charge is -2.33. The van der Waals surface area contributed by atoms with Gasteiger partial charge in [0.2, 0.25) is 0 Å². The highest BCUT2D eigenvalue weighted by atomic mass is 35.5. The second-order valence-corrected chi connectivity index (χ2v) is 7.69. The van der Waals surface area contributed by atoms with E-state index in [0.29, 0.717) is 5.92 Å². The predicted molar refractivity (Wildman–Crippen MR) is 113 cm³/mol. The molecule has 2 heterocycles. The standard InChI is InChI=1S/C21H22ClN3S/c22-18-6-7-19-17(12-18)13-20(24-19)16-8-10-25(11-9-16)21(26)23-14-15-4-2-1-3-5-15/h1-7,12-13,16,24H,8-11,14H2,(H,23,26). The van der Waals surface area contributed by atoms with Gasteiger partial charge in [0.05, 0.1) is 0 Å². The van der Waals surface area contributed by atoms with Gasteiger partial charge in [0.1, 0.15) is 0 Å². The molecule has 1 aliphatic rings. The number of H-pyrrole nitrogens is 1. The molecule has 1 aromatic heterocycles. The molecule has 1 fully saturated rings. The highest BCUT2D eigenvalue weighted by Gasteiger charge is 2.23. The van der Waals surface area contributed by atoms with Gasteiger partial charge in [-0.3, -0.25) is 0 Å². The van der Waals surface area contributed by atoms with Crippen LogP contribution in [-0.4, -0.2) is 28.1 Å². The van der Waals surface area contributed by atoms with Crippen molar-refractivity contribution in [2.75, 3.05) is 13.1 Å². The Morgan fingerprint density at radius 3 is 2.65 bits per heavy atom. The summed E-state index contributed by atoms with van der Waals surface area (Å²) in [6.45, 7) is 2.76. The Bertz CT molecular complexity index is 898. The average molecular weight is 384 g/mol. The van der Waals surface area contributed by atoms with Gasteiger partial charge in [-0.1, -0.05) is 41.9 Å². The maximum atomic E-state index is 6.10. The minimum absolute atomic E-state index is 0.550. The monoisotopic (exact) mass is 383 g/mol. The van der Waals surface area contributed by atoms with Gasteiger partial charge in [0.25, 0.3) is 0 Å². The molecule has 0 radical (unpaired) electrons. The number of hydrogen-bond donors (Lipinski definition) is 2. The van der Waals surface area contributed by atoms with E-state index in [0.717, 1.165) is 48.1 Å². The van der Waals surface area contributed by atoms with Crippen LogP contribution in [0.3, 0.4) is 0 Å². The van der Waals surface area contributed by atoms with Crippen molar-refractivity contribution in [3.63, 3.8) is 0 Å². The van der Waals surface area contributed by atoms with E-state index in [-0.39, 0.29) is 0 Å². The van der Waals surface area contributed by atoms with Crippen molar-refractivity contribution in [1.29, 1.82) is 0 Å². The Hall–Kier alpha value is -2.04. The third kappa shape index (κ3) is 3.87. The number of halogens is 1. The molecule has 0 spiro atoms. The summed E-state index contributed by atoms with van der Waals surface area (Å²) >= 11 is 11.7. The molecular formula is C21H22ClN3S. The molecule has 0 saturated carbocycles. The molecule has 2 aromatic carbocycles. The Morgan fingerprint density at radius 1 is 1.12 bits per heavy atom. The predicted octanol–water partition coefficient (Wildman–Crippen LogP) is 5.08. The molecule has 1 saturated heterocycles. The largest absolute Gasteiger partial charge is 0.358 e. The van der Waals surface area contributed by atoms with Crippen LogP contribution in [-0.2, 0) is 6.54 Å². The first-order valence-electron chi connectivity index (χ1n) is 9.04. The summed E-state index contributed by atoms with van der Waals surface area (Å²) in [4.78, 5) is 5.84. The highest BCUT2D eigenvalue weighted by Crippen LogP contribution is 2.30. The van der Waals surface area contributed by atoms with Crippen molar-refractivity contribution in [3.8, 4) is 0 Å². The maximum absolute atomic E-state index is 6.10. The normalized spacial score (nSPS) is 15.3. The van der Waals surface area contributed by atoms with Gasteiger partial charge >= 0.3 is 0 Å². The zero-order chi connectivity index (χ0) is 17.9. The van der Waals surface area contributed by atoms with Crippen molar-refractivity contribution in [3.05, 3.63) is 70.9 Å². The quantitative estimate of drug-likeness (QED) is 0.618. The van der Waals surface area contributed by atoms with Crippen LogP contribution in [0, 0.1) is 0 Å². The fourth-order valence-corrected chi connectivity index (χ4v) is 4.06. The SMILES string of the molecule is S=C(NCc1ccccc1)N1CCC(c2cc3cc(Cl)ccc3[nH]2)CC1. The molecule has 1 aliphatic heterocycles. The zero-order valence-corrected chi connectivity index (χ0v) is 16.1. The number of rotatable bonds is 3. The van der Waals surface area contributed by atoms with Crippen LogP contribution in [0.2, 0.25) is 5.02 Å². The Balaban J connectivity index is 1.33. The molecule has 0 bridgehead atoms. The van der Waals surface area contributed by atoms with Crippen molar-refractivity contribution in [2.45, 2.75) is 25.3 Å². The summed E-state index contributed by atoms with van der Waals surface area (Å²) in [6, 6.07) is 18.6. The summed E-state index contributed by atoms with van der Waals surface area (Å²) in [7, 11) is 0. The van der Waals surface area contributed by atoms with E-state index in [4.69, 9.17) is 23.8 Å². The van der Waals surface area contributed by atoms with E-state index in [2.05, 4.69) is 51.6 Å². The van der Waals surface area contributed by atoms with E-state index in [9.17, 15) is 0 Å². The number of piperidine rings is 1. The third-order valence-corrected chi connectivity index (χ3v) is 5.75. The smallest absolute Gasteiger partial charge is 0.169 e. The number of aromatic amines is 1. The van der Waals surface area contributed by atoms with Gasteiger partial charge in [-0.2, -0.15) is 0 Å². The fraction of sp³-hybridized carbons (Fsp3) is 0.286. The molecule has 3 nitrogen and oxygen atoms in total. The van der Waals surface area contributed by atoms with E-state index >= 15 is 0 Å². The second-order valence-electron chi connectivity index (χ2n) is 6.86. The number of benzene rings is 2. The minimum Gasteiger partial charge on any atom is -0.358 e. The number of nitrogens with one attached hydrogen (secondary N) is 2. The lowest BCUT2D eigenvalue weighted by Crippen LogP contribution is -2.43. The average Bonchev–Trinajstić information content (AvgIpc) is 3.10. The summed E-state index contributed by atoms with van der Waals surface area (Å²) in [6.07, 6.45) is 2.21. The lowest BCUT2D eigenvalue weighted by atomic mass is 9.94. The van der Waals surface area contributed by atoms with Crippen LogP contribution in [0.15, 0.2) is 54.6 Å². The first kappa shape index (κ1) is 17.4. The number of likely N-dealkylation sites (tertiary alicyclic amines) is 1. The van der Waals surface area contributed by atoms with Gasteiger partial charge in [-0.25, -0.2) is 0 Å². The molecule has 0 amide bonds. The lowest BCUT2D eigenvalue weighted by molar-refractivity contribution is 0.307. The van der Waals surface area contributed by atoms with E-state index in [1.54, 1.807) is 0 Å². The van der Waals surface area contributed by atoms with Crippen molar-refractivity contribution < 1.29 is 0 Å². The maximum Gasteiger partial charge on any atom is 0.169 e. The third-order valence-electron chi connectivity index (χ3n) is 5.11. The molecule has 4 rings (SSSR count). The summed E-state index contributed by atoms with van der Waals surface area (Å²) < 4.78 is 0. The molecule has 0 aliphatic carbocycles. The number of hydrogen-bond acceptors (Lipinski definition) is 1. The van der Waals surface area contributed by atoms with E-state index in [1.165, 1.54) is 16.6 Å². The highest BCUT2D eigenvalue weighted by molar-refractivity contribution is 7.80. The molecule has 5 heteroatoms. The van der Waals surface area contributed by atoms with Crippen LogP contribution in [0.25, 0.3) is 10.9 Å². The molecule has 26 heavy (non-hydrogen) atoms. The fourth-order valence-electron chi connectivity index (χ4n) is 3.62. The van der Waals surface area contributed by atoms with Crippen molar-refractivity contribution >= 4 is 39.8 Å². The molecule has 2 N–H and O–H groups in total. The molecule has 3 aromatic rings. The summed E-state index contributed by atoms with van der Waals surface area (Å²) in [5, 5.41) is 6.22. The van der Waals surface area contributed by atoms with Gasteiger partial charge in [-0.05, 0) is 54.9 Å². The van der Waals surface area contributed by atoms with Gasteiger partial charge in [-0.15, -0.1) is 0 Å². The minimum atomic E-state index is 0.550. The van der Waals surface area contributed by atoms with E-state index < -0.39 is 0 Å². The van der Waals surface area contributed by atoms with Crippen LogP contribution < -0.4 is 5.32 Å². The van der Waals surface area contributed by atoms with Gasteiger partial charge < -0.3 is 15.2 Å². The van der Waals surface area contributed by atoms with Crippen LogP contribution >= 0.6 is 23.8 Å². The molecular weight excluding hydrogens is 362 g/mol. The Kier molecular flexibility index (Phi) is 5.14. The molecule has 134 valence electrons. The summed E-state index contributed by atoms with van der Waals surface area (Å²) in [5.41, 5.74) is 3.72. The van der Waals surface area contributed by atoms with E-state index in [1.807, 2.05) is 18.2 Å². The second kappa shape index (κ2) is 7.68. The van der Waals surface area contributed by atoms with Gasteiger partial charge in [0, 0.05) is 47.2 Å². The van der Waals surface area contributed by atoms with Crippen LogP contribution in [0.5, 0.6) is 0 Å². The molecule has 0 unspecified atom stereocenters. The van der Waals surface area contributed by atoms with Gasteiger partial charge in [0.15, 0.2) is 5.11 Å². The summed E-state index contributed by atoms with van der Waals surface area (Å²) in [5.74, 6) is 0.550. The number of aromatic nitrogens is 1. The Morgan fingerprint density at radius 2 is 1.88 bits per heavy atom. The zero-order valence-electron chi connectivity index (χ0n) is 14.5. The van der Waals surface area contributed by atoms with Crippen molar-refractivity contribution in [1.82, 2.24) is 15.2 Å². The first-order chi connectivity index (χ1) is 12.7. The first-order valence-corrected chi connectivity index (χ1v) is 9.82. The number of fused-ring (bicyclic) bond motifs is 1.